The van der Waals surface area contributed by atoms with Crippen LogP contribution in [0.3, 0.4) is 0 Å². The topological polar surface area (TPSA) is 117 Å². The number of aryl methyl sites for hydroxylation is 1. The summed E-state index contributed by atoms with van der Waals surface area (Å²) in [5.41, 5.74) is -0.116. The number of hydrogen-bond donors (Lipinski definition) is 1. The van der Waals surface area contributed by atoms with Gasteiger partial charge in [-0.3, -0.25) is 14.9 Å². The van der Waals surface area contributed by atoms with Gasteiger partial charge in [0.2, 0.25) is 11.1 Å². The van der Waals surface area contributed by atoms with E-state index in [2.05, 4.69) is 9.84 Å². The Morgan fingerprint density at radius 3 is 2.44 bits per heavy atom. The summed E-state index contributed by atoms with van der Waals surface area (Å²) in [6, 6.07) is 7.81. The molecule has 0 aliphatic heterocycles. The van der Waals surface area contributed by atoms with E-state index in [1.165, 1.54) is 17.7 Å². The Balaban J connectivity index is 2.27. The van der Waals surface area contributed by atoms with Crippen LogP contribution in [0.4, 0.5) is 4.79 Å². The van der Waals surface area contributed by atoms with E-state index in [0.717, 1.165) is 7.11 Å². The highest BCUT2D eigenvalue weighted by atomic mass is 35.5. The minimum Gasteiger partial charge on any atom is -0.453 e. The summed E-state index contributed by atoms with van der Waals surface area (Å²) in [6.45, 7) is 2.88. The van der Waals surface area contributed by atoms with Crippen LogP contribution in [0.15, 0.2) is 35.1 Å². The van der Waals surface area contributed by atoms with Gasteiger partial charge in [-0.2, -0.15) is 5.10 Å². The summed E-state index contributed by atoms with van der Waals surface area (Å²) in [5, 5.41) is 6.40. The van der Waals surface area contributed by atoms with Crippen molar-refractivity contribution in [3.63, 3.8) is 0 Å². The Labute approximate surface area is 158 Å². The van der Waals surface area contributed by atoms with Crippen LogP contribution in [0, 0.1) is 6.92 Å². The van der Waals surface area contributed by atoms with Crippen LogP contribution in [-0.2, 0) is 14.3 Å². The summed E-state index contributed by atoms with van der Waals surface area (Å²) in [6.07, 6.45) is -2.34. The fourth-order valence-corrected chi connectivity index (χ4v) is 2.18. The summed E-state index contributed by atoms with van der Waals surface area (Å²) < 4.78 is 10.6. The SMILES string of the molecule is COC(=O)NC(=O)[C@@H](C)OC(=O)c1nn(-c2ccc(Cl)cc2)c(C)cc1=O. The van der Waals surface area contributed by atoms with Crippen molar-refractivity contribution in [2.45, 2.75) is 20.0 Å². The third-order valence-corrected chi connectivity index (χ3v) is 3.69. The molecule has 2 rings (SSSR count). The van der Waals surface area contributed by atoms with E-state index in [-0.39, 0.29) is 0 Å². The van der Waals surface area contributed by atoms with Crippen molar-refractivity contribution in [2.75, 3.05) is 7.11 Å². The molecule has 142 valence electrons. The molecule has 1 aromatic heterocycles. The lowest BCUT2D eigenvalue weighted by atomic mass is 10.3. The number of carbonyl (C=O) groups excluding carboxylic acids is 3. The van der Waals surface area contributed by atoms with Crippen molar-refractivity contribution in [1.82, 2.24) is 15.1 Å². The number of hydrogen-bond acceptors (Lipinski definition) is 7. The molecule has 1 heterocycles. The van der Waals surface area contributed by atoms with Crippen molar-refractivity contribution in [2.24, 2.45) is 0 Å². The number of esters is 1. The number of benzene rings is 1. The first-order chi connectivity index (χ1) is 12.7. The van der Waals surface area contributed by atoms with Gasteiger partial charge >= 0.3 is 12.1 Å². The minimum absolute atomic E-state index is 0.482. The summed E-state index contributed by atoms with van der Waals surface area (Å²) in [7, 11) is 1.08. The first kappa shape index (κ1) is 20.1. The Kier molecular flexibility index (Phi) is 6.30. The lowest BCUT2D eigenvalue weighted by molar-refractivity contribution is -0.128. The minimum atomic E-state index is -1.34. The molecule has 0 bridgehead atoms. The van der Waals surface area contributed by atoms with Crippen molar-refractivity contribution in [3.8, 4) is 5.69 Å². The smallest absolute Gasteiger partial charge is 0.413 e. The number of nitrogens with zero attached hydrogens (tertiary/aromatic N) is 2. The fourth-order valence-electron chi connectivity index (χ4n) is 2.06. The molecule has 9 nitrogen and oxygen atoms in total. The predicted molar refractivity (Wildman–Crippen MR) is 95.0 cm³/mol. The summed E-state index contributed by atoms with van der Waals surface area (Å²) >= 11 is 5.85. The molecule has 1 aromatic carbocycles. The maximum Gasteiger partial charge on any atom is 0.413 e. The molecular weight excluding hydrogens is 378 g/mol. The van der Waals surface area contributed by atoms with Crippen molar-refractivity contribution in [1.29, 1.82) is 0 Å². The average Bonchev–Trinajstić information content (AvgIpc) is 2.62. The standard InChI is InChI=1S/C17H16ClN3O6/c1-9-8-13(22)14(20-21(9)12-6-4-11(18)5-7-12)16(24)27-10(2)15(23)19-17(25)26-3/h4-8,10H,1-3H3,(H,19,23,25)/t10-/m1/s1. The van der Waals surface area contributed by atoms with Gasteiger partial charge in [0, 0.05) is 16.8 Å². The molecule has 0 radical (unpaired) electrons. The van der Waals surface area contributed by atoms with Gasteiger partial charge in [-0.1, -0.05) is 11.6 Å². The monoisotopic (exact) mass is 393 g/mol. The van der Waals surface area contributed by atoms with Gasteiger partial charge < -0.3 is 9.47 Å². The Hall–Kier alpha value is -3.20. The Morgan fingerprint density at radius 2 is 1.85 bits per heavy atom. The van der Waals surface area contributed by atoms with E-state index in [9.17, 15) is 19.2 Å². The van der Waals surface area contributed by atoms with E-state index >= 15 is 0 Å². The molecule has 10 heteroatoms. The highest BCUT2D eigenvalue weighted by Crippen LogP contribution is 2.14. The number of methoxy groups -OCH3 is 1. The molecule has 0 saturated heterocycles. The largest absolute Gasteiger partial charge is 0.453 e. The zero-order valence-electron chi connectivity index (χ0n) is 14.7. The summed E-state index contributed by atoms with van der Waals surface area (Å²) in [5.74, 6) is -2.00. The molecule has 0 fully saturated rings. The van der Waals surface area contributed by atoms with Crippen molar-refractivity contribution >= 4 is 29.6 Å². The molecule has 0 spiro atoms. The van der Waals surface area contributed by atoms with Crippen LogP contribution < -0.4 is 10.7 Å². The zero-order valence-corrected chi connectivity index (χ0v) is 15.4. The van der Waals surface area contributed by atoms with E-state index in [4.69, 9.17) is 16.3 Å². The summed E-state index contributed by atoms with van der Waals surface area (Å²) in [4.78, 5) is 47.2. The van der Waals surface area contributed by atoms with E-state index < -0.39 is 35.2 Å². The van der Waals surface area contributed by atoms with Crippen LogP contribution in [0.5, 0.6) is 0 Å². The number of carbonyl (C=O) groups is 3. The second-order valence-electron chi connectivity index (χ2n) is 5.42. The van der Waals surface area contributed by atoms with Gasteiger partial charge in [-0.05, 0) is 38.1 Å². The second-order valence-corrected chi connectivity index (χ2v) is 5.85. The lowest BCUT2D eigenvalue weighted by Gasteiger charge is -2.14. The molecule has 1 atom stereocenters. The van der Waals surface area contributed by atoms with Crippen LogP contribution >= 0.6 is 11.6 Å². The van der Waals surface area contributed by atoms with Gasteiger partial charge in [-0.15, -0.1) is 0 Å². The third kappa shape index (κ3) is 4.91. The number of rotatable bonds is 4. The van der Waals surface area contributed by atoms with Gasteiger partial charge in [0.25, 0.3) is 5.91 Å². The second kappa shape index (κ2) is 8.45. The number of imide groups is 1. The Bertz CT molecular complexity index is 939. The highest BCUT2D eigenvalue weighted by molar-refractivity contribution is 6.30. The molecule has 1 N–H and O–H groups in total. The molecule has 0 unspecified atom stereocenters. The average molecular weight is 394 g/mol. The Morgan fingerprint density at radius 1 is 1.22 bits per heavy atom. The maximum atomic E-state index is 12.3. The van der Waals surface area contributed by atoms with Gasteiger partial charge in [-0.25, -0.2) is 14.3 Å². The normalized spacial score (nSPS) is 11.4. The van der Waals surface area contributed by atoms with Gasteiger partial charge in [0.05, 0.1) is 12.8 Å². The number of aromatic nitrogens is 2. The fraction of sp³-hybridized carbons (Fsp3) is 0.235. The number of halogens is 1. The molecule has 27 heavy (non-hydrogen) atoms. The van der Waals surface area contributed by atoms with E-state index in [1.54, 1.807) is 31.2 Å². The quantitative estimate of drug-likeness (QED) is 0.784. The van der Waals surface area contributed by atoms with Gasteiger partial charge in [0.15, 0.2) is 6.10 Å². The molecular formula is C17H16ClN3O6. The first-order valence-corrected chi connectivity index (χ1v) is 8.07. The molecule has 0 aliphatic carbocycles. The van der Waals surface area contributed by atoms with Crippen molar-refractivity contribution in [3.05, 3.63) is 57.0 Å². The number of nitrogens with one attached hydrogen (secondary N) is 1. The maximum absolute atomic E-state index is 12.3. The molecule has 2 amide bonds. The number of ether oxygens (including phenoxy) is 2. The lowest BCUT2D eigenvalue weighted by Crippen LogP contribution is -2.40. The predicted octanol–water partition coefficient (Wildman–Crippen LogP) is 1.62. The van der Waals surface area contributed by atoms with E-state index in [1.807, 2.05) is 5.32 Å². The van der Waals surface area contributed by atoms with Crippen LogP contribution in [0.1, 0.15) is 23.1 Å². The van der Waals surface area contributed by atoms with Crippen LogP contribution in [0.2, 0.25) is 5.02 Å². The number of amides is 2. The van der Waals surface area contributed by atoms with Gasteiger partial charge in [0.1, 0.15) is 0 Å². The van der Waals surface area contributed by atoms with Crippen LogP contribution in [0.25, 0.3) is 5.69 Å². The molecule has 0 saturated carbocycles. The molecule has 2 aromatic rings. The van der Waals surface area contributed by atoms with Crippen LogP contribution in [-0.4, -0.2) is 41.0 Å². The first-order valence-electron chi connectivity index (χ1n) is 7.69. The molecule has 0 aliphatic rings. The van der Waals surface area contributed by atoms with E-state index in [0.29, 0.717) is 16.4 Å². The highest BCUT2D eigenvalue weighted by Gasteiger charge is 2.24. The third-order valence-electron chi connectivity index (χ3n) is 3.44. The van der Waals surface area contributed by atoms with Crippen molar-refractivity contribution < 1.29 is 23.9 Å². The zero-order chi connectivity index (χ0) is 20.1. The number of alkyl carbamates (subject to hydrolysis) is 1.